The lowest BCUT2D eigenvalue weighted by atomic mass is 10.3. The maximum atomic E-state index is 8.61. The second kappa shape index (κ2) is 6.27. The van der Waals surface area contributed by atoms with Crippen molar-refractivity contribution in [1.29, 1.82) is 5.26 Å². The van der Waals surface area contributed by atoms with E-state index in [0.717, 1.165) is 18.8 Å². The van der Waals surface area contributed by atoms with Crippen molar-refractivity contribution in [2.45, 2.75) is 25.3 Å². The van der Waals surface area contributed by atoms with Gasteiger partial charge in [-0.2, -0.15) is 5.26 Å². The van der Waals surface area contributed by atoms with Crippen molar-refractivity contribution >= 4 is 0 Å². The fraction of sp³-hybridized carbons (Fsp3) is 0.500. The minimum atomic E-state index is 0.613. The van der Waals surface area contributed by atoms with Crippen molar-refractivity contribution in [3.8, 4) is 11.8 Å². The van der Waals surface area contributed by atoms with Crippen LogP contribution in [0.25, 0.3) is 0 Å². The molecule has 0 bridgehead atoms. The Kier molecular flexibility index (Phi) is 4.40. The van der Waals surface area contributed by atoms with Gasteiger partial charge in [0.2, 0.25) is 0 Å². The van der Waals surface area contributed by atoms with E-state index in [1.54, 1.807) is 0 Å². The first-order chi connectivity index (χ1) is 8.40. The van der Waals surface area contributed by atoms with Crippen molar-refractivity contribution in [3.05, 3.63) is 30.3 Å². The van der Waals surface area contributed by atoms with Crippen LogP contribution in [0.15, 0.2) is 30.3 Å². The van der Waals surface area contributed by atoms with Gasteiger partial charge in [-0.25, -0.2) is 0 Å². The van der Waals surface area contributed by atoms with Crippen LogP contribution in [0.2, 0.25) is 0 Å². The predicted octanol–water partition coefficient (Wildman–Crippen LogP) is 2.44. The van der Waals surface area contributed by atoms with Crippen LogP contribution >= 0.6 is 0 Å². The van der Waals surface area contributed by atoms with E-state index in [0.29, 0.717) is 19.1 Å². The van der Waals surface area contributed by atoms with Gasteiger partial charge in [0, 0.05) is 25.6 Å². The fourth-order valence-electron chi connectivity index (χ4n) is 1.91. The smallest absolute Gasteiger partial charge is 0.119 e. The van der Waals surface area contributed by atoms with E-state index in [9.17, 15) is 0 Å². The zero-order valence-electron chi connectivity index (χ0n) is 10.0. The molecule has 2 rings (SSSR count). The van der Waals surface area contributed by atoms with Crippen LogP contribution < -0.4 is 4.74 Å². The Hall–Kier alpha value is -1.53. The first kappa shape index (κ1) is 11.9. The van der Waals surface area contributed by atoms with Crippen LogP contribution in [-0.2, 0) is 0 Å². The van der Waals surface area contributed by atoms with Crippen LogP contribution in [0.4, 0.5) is 0 Å². The Labute approximate surface area is 103 Å². The van der Waals surface area contributed by atoms with Gasteiger partial charge in [-0.3, -0.25) is 4.90 Å². The fourth-order valence-corrected chi connectivity index (χ4v) is 1.91. The summed E-state index contributed by atoms with van der Waals surface area (Å²) in [5, 5.41) is 8.61. The lowest BCUT2D eigenvalue weighted by Crippen LogP contribution is -2.31. The summed E-state index contributed by atoms with van der Waals surface area (Å²) in [7, 11) is 0. The monoisotopic (exact) mass is 230 g/mol. The number of ether oxygens (including phenoxy) is 1. The van der Waals surface area contributed by atoms with E-state index in [1.165, 1.54) is 12.8 Å². The van der Waals surface area contributed by atoms with Gasteiger partial charge < -0.3 is 4.74 Å². The Morgan fingerprint density at radius 3 is 2.65 bits per heavy atom. The molecular weight excluding hydrogens is 212 g/mol. The number of hydrogen-bond donors (Lipinski definition) is 0. The maximum Gasteiger partial charge on any atom is 0.119 e. The second-order valence-corrected chi connectivity index (χ2v) is 4.34. The Balaban J connectivity index is 1.70. The average Bonchev–Trinajstić information content (AvgIpc) is 3.19. The maximum absolute atomic E-state index is 8.61. The number of nitrogens with zero attached hydrogens (tertiary/aromatic N) is 2. The molecule has 0 N–H and O–H groups in total. The van der Waals surface area contributed by atoms with E-state index in [1.807, 2.05) is 30.3 Å². The largest absolute Gasteiger partial charge is 0.492 e. The van der Waals surface area contributed by atoms with Crippen molar-refractivity contribution in [2.75, 3.05) is 19.7 Å². The van der Waals surface area contributed by atoms with Crippen LogP contribution in [0.5, 0.6) is 5.75 Å². The van der Waals surface area contributed by atoms with Crippen molar-refractivity contribution in [1.82, 2.24) is 4.90 Å². The van der Waals surface area contributed by atoms with Gasteiger partial charge in [0.1, 0.15) is 12.4 Å². The standard InChI is InChI=1S/C14H18N2O/c15-9-4-10-16(13-7-8-13)11-12-17-14-5-2-1-3-6-14/h1-3,5-6,13H,4,7-8,10-12H2. The molecule has 1 aliphatic carbocycles. The van der Waals surface area contributed by atoms with Crippen LogP contribution in [-0.4, -0.2) is 30.6 Å². The van der Waals surface area contributed by atoms with E-state index in [4.69, 9.17) is 10.00 Å². The van der Waals surface area contributed by atoms with Crippen LogP contribution in [0.3, 0.4) is 0 Å². The van der Waals surface area contributed by atoms with Crippen molar-refractivity contribution in [3.63, 3.8) is 0 Å². The molecule has 0 aromatic heterocycles. The third kappa shape index (κ3) is 4.08. The number of benzene rings is 1. The van der Waals surface area contributed by atoms with E-state index < -0.39 is 0 Å². The molecule has 0 unspecified atom stereocenters. The van der Waals surface area contributed by atoms with Gasteiger partial charge >= 0.3 is 0 Å². The predicted molar refractivity (Wildman–Crippen MR) is 66.8 cm³/mol. The lowest BCUT2D eigenvalue weighted by molar-refractivity contribution is 0.204. The molecule has 0 aliphatic heterocycles. The summed E-state index contributed by atoms with van der Waals surface area (Å²) in [4.78, 5) is 2.37. The van der Waals surface area contributed by atoms with Gasteiger partial charge in [-0.05, 0) is 25.0 Å². The molecular formula is C14H18N2O. The molecule has 0 heterocycles. The molecule has 1 aromatic carbocycles. The number of para-hydroxylation sites is 1. The van der Waals surface area contributed by atoms with Gasteiger partial charge in [0.05, 0.1) is 6.07 Å². The molecule has 0 amide bonds. The molecule has 1 saturated carbocycles. The zero-order valence-corrected chi connectivity index (χ0v) is 10.0. The zero-order chi connectivity index (χ0) is 11.9. The highest BCUT2D eigenvalue weighted by Gasteiger charge is 2.28. The minimum absolute atomic E-state index is 0.613. The Bertz CT molecular complexity index is 368. The van der Waals surface area contributed by atoms with E-state index in [-0.39, 0.29) is 0 Å². The normalized spacial score (nSPS) is 14.6. The molecule has 90 valence electrons. The van der Waals surface area contributed by atoms with Gasteiger partial charge in [0.15, 0.2) is 0 Å². The molecule has 0 atom stereocenters. The van der Waals surface area contributed by atoms with E-state index >= 15 is 0 Å². The van der Waals surface area contributed by atoms with Crippen LogP contribution in [0, 0.1) is 11.3 Å². The second-order valence-electron chi connectivity index (χ2n) is 4.34. The Morgan fingerprint density at radius 2 is 2.00 bits per heavy atom. The quantitative estimate of drug-likeness (QED) is 0.722. The van der Waals surface area contributed by atoms with E-state index in [2.05, 4.69) is 11.0 Å². The first-order valence-electron chi connectivity index (χ1n) is 6.19. The van der Waals surface area contributed by atoms with Crippen molar-refractivity contribution in [2.24, 2.45) is 0 Å². The highest BCUT2D eigenvalue weighted by Crippen LogP contribution is 2.26. The molecule has 3 nitrogen and oxygen atoms in total. The third-order valence-corrected chi connectivity index (χ3v) is 2.96. The minimum Gasteiger partial charge on any atom is -0.492 e. The third-order valence-electron chi connectivity index (χ3n) is 2.96. The number of rotatable bonds is 7. The lowest BCUT2D eigenvalue weighted by Gasteiger charge is -2.20. The summed E-state index contributed by atoms with van der Waals surface area (Å²) in [6.07, 6.45) is 3.16. The number of nitriles is 1. The SMILES string of the molecule is N#CCCN(CCOc1ccccc1)C1CC1. The van der Waals surface area contributed by atoms with Crippen molar-refractivity contribution < 1.29 is 4.74 Å². The summed E-state index contributed by atoms with van der Waals surface area (Å²) in [5.41, 5.74) is 0. The highest BCUT2D eigenvalue weighted by molar-refractivity contribution is 5.20. The molecule has 1 aromatic rings. The Morgan fingerprint density at radius 1 is 1.24 bits per heavy atom. The average molecular weight is 230 g/mol. The van der Waals surface area contributed by atoms with Crippen LogP contribution in [0.1, 0.15) is 19.3 Å². The molecule has 1 aliphatic rings. The molecule has 17 heavy (non-hydrogen) atoms. The molecule has 0 spiro atoms. The summed E-state index contributed by atoms with van der Waals surface area (Å²) in [5.74, 6) is 0.920. The molecule has 0 saturated heterocycles. The highest BCUT2D eigenvalue weighted by atomic mass is 16.5. The van der Waals surface area contributed by atoms with Gasteiger partial charge in [0.25, 0.3) is 0 Å². The first-order valence-corrected chi connectivity index (χ1v) is 6.19. The number of hydrogen-bond acceptors (Lipinski definition) is 3. The summed E-state index contributed by atoms with van der Waals surface area (Å²) in [6.45, 7) is 2.49. The summed E-state index contributed by atoms with van der Waals surface area (Å²) < 4.78 is 5.67. The topological polar surface area (TPSA) is 36.3 Å². The summed E-state index contributed by atoms with van der Waals surface area (Å²) >= 11 is 0. The molecule has 3 heteroatoms. The van der Waals surface area contributed by atoms with Gasteiger partial charge in [-0.1, -0.05) is 18.2 Å². The molecule has 0 radical (unpaired) electrons. The van der Waals surface area contributed by atoms with Gasteiger partial charge in [-0.15, -0.1) is 0 Å². The summed E-state index contributed by atoms with van der Waals surface area (Å²) in [6, 6.07) is 12.8. The molecule has 1 fully saturated rings.